The molecule has 17 heavy (non-hydrogen) atoms. The van der Waals surface area contributed by atoms with Crippen LogP contribution >= 0.6 is 0 Å². The normalized spacial score (nSPS) is 10.9. The van der Waals surface area contributed by atoms with E-state index in [1.54, 1.807) is 0 Å². The molecule has 6 heteroatoms. The molecule has 0 unspecified atom stereocenters. The second kappa shape index (κ2) is 5.58. The van der Waals surface area contributed by atoms with E-state index in [0.29, 0.717) is 11.7 Å². The lowest BCUT2D eigenvalue weighted by Crippen LogP contribution is -2.22. The van der Waals surface area contributed by atoms with Gasteiger partial charge in [0, 0.05) is 38.4 Å². The molecule has 2 heterocycles. The van der Waals surface area contributed by atoms with Crippen molar-refractivity contribution in [1.29, 1.82) is 0 Å². The number of hydrogen-bond acceptors (Lipinski definition) is 5. The largest absolute Gasteiger partial charge is 0.339 e. The maximum Gasteiger partial charge on any atom is 0.227 e. The van der Waals surface area contributed by atoms with Gasteiger partial charge in [0.05, 0.1) is 0 Å². The Bertz CT molecular complexity index is 462. The highest BCUT2D eigenvalue weighted by Crippen LogP contribution is 1.96. The van der Waals surface area contributed by atoms with Crippen LogP contribution in [0, 0.1) is 13.8 Å². The third kappa shape index (κ3) is 3.39. The third-order valence-electron chi connectivity index (χ3n) is 2.54. The molecule has 0 radical (unpaired) electrons. The van der Waals surface area contributed by atoms with Gasteiger partial charge in [-0.3, -0.25) is 0 Å². The molecule has 0 aliphatic heterocycles. The molecular formula is C11H17N5O. The molecular weight excluding hydrogens is 218 g/mol. The van der Waals surface area contributed by atoms with Crippen molar-refractivity contribution in [3.63, 3.8) is 0 Å². The predicted molar refractivity (Wildman–Crippen MR) is 62.6 cm³/mol. The summed E-state index contributed by atoms with van der Waals surface area (Å²) in [5.74, 6) is 2.42. The highest BCUT2D eigenvalue weighted by molar-refractivity contribution is 4.88. The van der Waals surface area contributed by atoms with Gasteiger partial charge in [-0.15, -0.1) is 0 Å². The molecule has 92 valence electrons. The number of aryl methyl sites for hydroxylation is 2. The lowest BCUT2D eigenvalue weighted by atomic mass is 10.4. The zero-order chi connectivity index (χ0) is 12.1. The molecule has 0 saturated heterocycles. The molecule has 0 aliphatic carbocycles. The first kappa shape index (κ1) is 11.8. The molecule has 0 fully saturated rings. The van der Waals surface area contributed by atoms with E-state index in [1.165, 1.54) is 0 Å². The summed E-state index contributed by atoms with van der Waals surface area (Å²) in [6.45, 7) is 6.50. The van der Waals surface area contributed by atoms with Gasteiger partial charge in [0.2, 0.25) is 5.89 Å². The van der Waals surface area contributed by atoms with Crippen LogP contribution in [0.5, 0.6) is 0 Å². The van der Waals surface area contributed by atoms with Crippen LogP contribution in [0.3, 0.4) is 0 Å². The average molecular weight is 235 g/mol. The van der Waals surface area contributed by atoms with Gasteiger partial charge in [-0.25, -0.2) is 4.98 Å². The molecule has 0 bridgehead atoms. The number of imidazole rings is 1. The van der Waals surface area contributed by atoms with Crippen molar-refractivity contribution in [2.24, 2.45) is 0 Å². The first-order valence-corrected chi connectivity index (χ1v) is 5.73. The molecule has 0 aliphatic rings. The Morgan fingerprint density at radius 3 is 2.88 bits per heavy atom. The number of rotatable bonds is 6. The summed E-state index contributed by atoms with van der Waals surface area (Å²) in [5, 5.41) is 7.07. The Labute approximate surface area is 100 Å². The van der Waals surface area contributed by atoms with E-state index in [2.05, 4.69) is 25.0 Å². The molecule has 0 spiro atoms. The monoisotopic (exact) mass is 235 g/mol. The quantitative estimate of drug-likeness (QED) is 0.747. The van der Waals surface area contributed by atoms with Gasteiger partial charge in [0.1, 0.15) is 5.82 Å². The van der Waals surface area contributed by atoms with Crippen molar-refractivity contribution in [2.45, 2.75) is 26.8 Å². The SMILES string of the molecule is Cc1noc(CCNCCn2ccnc2C)n1. The zero-order valence-corrected chi connectivity index (χ0v) is 10.2. The molecule has 1 N–H and O–H groups in total. The van der Waals surface area contributed by atoms with Gasteiger partial charge in [-0.05, 0) is 13.8 Å². The second-order valence-corrected chi connectivity index (χ2v) is 3.90. The summed E-state index contributed by atoms with van der Waals surface area (Å²) in [5.41, 5.74) is 0. The summed E-state index contributed by atoms with van der Waals surface area (Å²) in [6, 6.07) is 0. The summed E-state index contributed by atoms with van der Waals surface area (Å²) >= 11 is 0. The highest BCUT2D eigenvalue weighted by Gasteiger charge is 2.01. The van der Waals surface area contributed by atoms with Gasteiger partial charge >= 0.3 is 0 Å². The lowest BCUT2D eigenvalue weighted by Gasteiger charge is -2.05. The fourth-order valence-electron chi connectivity index (χ4n) is 1.60. The topological polar surface area (TPSA) is 68.8 Å². The van der Waals surface area contributed by atoms with Crippen LogP contribution in [0.2, 0.25) is 0 Å². The highest BCUT2D eigenvalue weighted by atomic mass is 16.5. The van der Waals surface area contributed by atoms with Gasteiger partial charge in [-0.2, -0.15) is 4.98 Å². The Kier molecular flexibility index (Phi) is 3.87. The average Bonchev–Trinajstić information content (AvgIpc) is 2.88. The van der Waals surface area contributed by atoms with E-state index in [-0.39, 0.29) is 0 Å². The van der Waals surface area contributed by atoms with Gasteiger partial charge in [0.25, 0.3) is 0 Å². The summed E-state index contributed by atoms with van der Waals surface area (Å²) in [4.78, 5) is 8.31. The first-order chi connectivity index (χ1) is 8.25. The van der Waals surface area contributed by atoms with Gasteiger partial charge in [0.15, 0.2) is 5.82 Å². The Morgan fingerprint density at radius 1 is 1.35 bits per heavy atom. The maximum atomic E-state index is 5.02. The maximum absolute atomic E-state index is 5.02. The number of hydrogen-bond donors (Lipinski definition) is 1. The molecule has 0 amide bonds. The fourth-order valence-corrected chi connectivity index (χ4v) is 1.60. The van der Waals surface area contributed by atoms with E-state index in [0.717, 1.165) is 31.9 Å². The van der Waals surface area contributed by atoms with E-state index < -0.39 is 0 Å². The molecule has 0 atom stereocenters. The minimum Gasteiger partial charge on any atom is -0.339 e. The molecule has 6 nitrogen and oxygen atoms in total. The summed E-state index contributed by atoms with van der Waals surface area (Å²) in [7, 11) is 0. The van der Waals surface area contributed by atoms with Gasteiger partial charge in [-0.1, -0.05) is 5.16 Å². The molecule has 0 saturated carbocycles. The molecule has 2 rings (SSSR count). The fraction of sp³-hybridized carbons (Fsp3) is 0.545. The minimum absolute atomic E-state index is 0.689. The first-order valence-electron chi connectivity index (χ1n) is 5.73. The summed E-state index contributed by atoms with van der Waals surface area (Å²) < 4.78 is 7.13. The number of nitrogens with one attached hydrogen (secondary N) is 1. The van der Waals surface area contributed by atoms with Crippen molar-refractivity contribution in [2.75, 3.05) is 13.1 Å². The van der Waals surface area contributed by atoms with Crippen molar-refractivity contribution < 1.29 is 4.52 Å². The van der Waals surface area contributed by atoms with Crippen LogP contribution < -0.4 is 5.32 Å². The molecule has 2 aromatic heterocycles. The van der Waals surface area contributed by atoms with Crippen molar-refractivity contribution in [1.82, 2.24) is 25.0 Å². The zero-order valence-electron chi connectivity index (χ0n) is 10.2. The third-order valence-corrected chi connectivity index (χ3v) is 2.54. The van der Waals surface area contributed by atoms with Gasteiger partial charge < -0.3 is 14.4 Å². The molecule has 2 aromatic rings. The van der Waals surface area contributed by atoms with E-state index in [4.69, 9.17) is 4.52 Å². The van der Waals surface area contributed by atoms with Crippen LogP contribution in [0.15, 0.2) is 16.9 Å². The van der Waals surface area contributed by atoms with Crippen LogP contribution in [0.25, 0.3) is 0 Å². The molecule has 0 aromatic carbocycles. The van der Waals surface area contributed by atoms with Crippen molar-refractivity contribution in [3.8, 4) is 0 Å². The second-order valence-electron chi connectivity index (χ2n) is 3.90. The van der Waals surface area contributed by atoms with Crippen molar-refractivity contribution >= 4 is 0 Å². The van der Waals surface area contributed by atoms with Crippen LogP contribution in [-0.4, -0.2) is 32.8 Å². The van der Waals surface area contributed by atoms with E-state index in [9.17, 15) is 0 Å². The summed E-state index contributed by atoms with van der Waals surface area (Å²) in [6.07, 6.45) is 4.57. The van der Waals surface area contributed by atoms with E-state index >= 15 is 0 Å². The number of nitrogens with zero attached hydrogens (tertiary/aromatic N) is 4. The number of aromatic nitrogens is 4. The predicted octanol–water partition coefficient (Wildman–Crippen LogP) is 0.715. The Hall–Kier alpha value is -1.69. The Morgan fingerprint density at radius 2 is 2.24 bits per heavy atom. The standard InChI is InChI=1S/C11H17N5O/c1-9-14-11(17-15-9)3-4-12-5-7-16-8-6-13-10(16)2/h6,8,12H,3-5,7H2,1-2H3. The lowest BCUT2D eigenvalue weighted by molar-refractivity contribution is 0.372. The van der Waals surface area contributed by atoms with Crippen LogP contribution in [0.1, 0.15) is 17.5 Å². The van der Waals surface area contributed by atoms with Crippen LogP contribution in [0.4, 0.5) is 0 Å². The van der Waals surface area contributed by atoms with E-state index in [1.807, 2.05) is 26.2 Å². The van der Waals surface area contributed by atoms with Crippen LogP contribution in [-0.2, 0) is 13.0 Å². The van der Waals surface area contributed by atoms with Crippen molar-refractivity contribution in [3.05, 3.63) is 29.9 Å². The Balaban J connectivity index is 1.62. The smallest absolute Gasteiger partial charge is 0.227 e. The minimum atomic E-state index is 0.689.